The number of carboxylic acid groups (broad SMARTS) is 1. The third-order valence-electron chi connectivity index (χ3n) is 9.19. The Morgan fingerprint density at radius 3 is 0.778 bits per heavy atom. The minimum Gasteiger partial charge on any atom is -0.481 e. The maximum Gasteiger partial charge on any atom is 0.303 e. The van der Waals surface area contributed by atoms with Crippen LogP contribution in [0, 0.1) is 0 Å². The summed E-state index contributed by atoms with van der Waals surface area (Å²) in [6.45, 7) is 8.35. The van der Waals surface area contributed by atoms with Crippen LogP contribution in [-0.2, 0) is 4.79 Å². The molecule has 0 aliphatic heterocycles. The highest BCUT2D eigenvalue weighted by atomic mass is 16.4. The van der Waals surface area contributed by atoms with Gasteiger partial charge in [-0.2, -0.15) is 0 Å². The van der Waals surface area contributed by atoms with E-state index < -0.39 is 5.97 Å². The summed E-state index contributed by atoms with van der Waals surface area (Å²) in [6.07, 6.45) is 39.1. The summed E-state index contributed by atoms with van der Waals surface area (Å²) in [5.41, 5.74) is 0. The van der Waals surface area contributed by atoms with E-state index in [0.29, 0.717) is 6.42 Å². The number of unbranched alkanes of at least 4 members (excludes halogenated alkanes) is 25. The smallest absolute Gasteiger partial charge is 0.303 e. The van der Waals surface area contributed by atoms with E-state index in [4.69, 9.17) is 5.11 Å². The van der Waals surface area contributed by atoms with Crippen molar-refractivity contribution >= 4 is 5.97 Å². The molecule has 0 saturated heterocycles. The van der Waals surface area contributed by atoms with E-state index in [1.54, 1.807) is 0 Å². The van der Waals surface area contributed by atoms with E-state index in [2.05, 4.69) is 21.3 Å². The van der Waals surface area contributed by atoms with E-state index in [9.17, 15) is 4.79 Å². The molecule has 0 aliphatic carbocycles. The molecular formula is C39H82N4O2. The van der Waals surface area contributed by atoms with E-state index in [1.165, 1.54) is 219 Å². The van der Waals surface area contributed by atoms with Crippen molar-refractivity contribution in [2.45, 2.75) is 193 Å². The van der Waals surface area contributed by atoms with Crippen LogP contribution in [0.3, 0.4) is 0 Å². The maximum absolute atomic E-state index is 10.5. The largest absolute Gasteiger partial charge is 0.481 e. The Morgan fingerprint density at radius 1 is 0.333 bits per heavy atom. The summed E-state index contributed by atoms with van der Waals surface area (Å²) in [5, 5.41) is 22.8. The van der Waals surface area contributed by atoms with Gasteiger partial charge in [0.15, 0.2) is 0 Å². The highest BCUT2D eigenvalue weighted by Gasteiger charge is 1.98. The van der Waals surface area contributed by atoms with Gasteiger partial charge in [0.2, 0.25) is 0 Å². The van der Waals surface area contributed by atoms with Crippen molar-refractivity contribution < 1.29 is 9.90 Å². The molecule has 0 aliphatic rings. The normalized spacial score (nSPS) is 11.5. The molecule has 0 aromatic carbocycles. The van der Waals surface area contributed by atoms with Gasteiger partial charge in [-0.3, -0.25) is 4.79 Å². The van der Waals surface area contributed by atoms with Crippen molar-refractivity contribution in [2.75, 3.05) is 52.9 Å². The number of carbonyl (C=O) groups is 1. The first kappa shape index (κ1) is 44.3. The molecule has 0 aromatic heterocycles. The molecule has 0 heterocycles. The first-order valence-electron chi connectivity index (χ1n) is 20.3. The number of hydrogen-bond acceptors (Lipinski definition) is 5. The Bertz CT molecular complexity index is 549. The molecule has 0 saturated carbocycles. The zero-order valence-electron chi connectivity index (χ0n) is 30.5. The van der Waals surface area contributed by atoms with Crippen LogP contribution >= 0.6 is 0 Å². The van der Waals surface area contributed by atoms with Gasteiger partial charge in [0.25, 0.3) is 0 Å². The molecule has 0 amide bonds. The third kappa shape index (κ3) is 43.3. The Labute approximate surface area is 282 Å². The molecule has 270 valence electrons. The molecule has 5 N–H and O–H groups in total. The first-order chi connectivity index (χ1) is 22.3. The molecule has 0 radical (unpaired) electrons. The number of carboxylic acids is 1. The molecular weight excluding hydrogens is 556 g/mol. The lowest BCUT2D eigenvalue weighted by Gasteiger charge is -2.07. The van der Waals surface area contributed by atoms with Gasteiger partial charge in [0.1, 0.15) is 0 Å². The average Bonchev–Trinajstić information content (AvgIpc) is 3.03. The summed E-state index contributed by atoms with van der Waals surface area (Å²) in [7, 11) is 2.04. The fourth-order valence-electron chi connectivity index (χ4n) is 6.17. The molecule has 0 atom stereocenters. The van der Waals surface area contributed by atoms with Gasteiger partial charge in [-0.25, -0.2) is 0 Å². The van der Waals surface area contributed by atoms with Gasteiger partial charge in [0, 0.05) is 6.42 Å². The second-order valence-corrected chi connectivity index (χ2v) is 13.8. The van der Waals surface area contributed by atoms with Crippen LogP contribution in [0.4, 0.5) is 0 Å². The molecule has 0 spiro atoms. The lowest BCUT2D eigenvalue weighted by molar-refractivity contribution is -0.137. The summed E-state index contributed by atoms with van der Waals surface area (Å²) in [6, 6.07) is 0. The van der Waals surface area contributed by atoms with Crippen LogP contribution in [0.15, 0.2) is 0 Å². The molecule has 6 heteroatoms. The Kier molecular flexibility index (Phi) is 40.7. The first-order valence-corrected chi connectivity index (χ1v) is 20.3. The zero-order chi connectivity index (χ0) is 32.6. The summed E-state index contributed by atoms with van der Waals surface area (Å²) >= 11 is 0. The van der Waals surface area contributed by atoms with Crippen molar-refractivity contribution in [3.63, 3.8) is 0 Å². The molecule has 45 heavy (non-hydrogen) atoms. The third-order valence-corrected chi connectivity index (χ3v) is 9.19. The van der Waals surface area contributed by atoms with Gasteiger partial charge in [-0.05, 0) is 104 Å². The van der Waals surface area contributed by atoms with Crippen LogP contribution in [0.2, 0.25) is 0 Å². The van der Waals surface area contributed by atoms with Crippen molar-refractivity contribution in [2.24, 2.45) is 0 Å². The Morgan fingerprint density at radius 2 is 0.533 bits per heavy atom. The number of hydrogen-bond donors (Lipinski definition) is 5. The minimum atomic E-state index is -0.653. The second-order valence-electron chi connectivity index (χ2n) is 13.8. The van der Waals surface area contributed by atoms with Gasteiger partial charge < -0.3 is 26.4 Å². The summed E-state index contributed by atoms with van der Waals surface area (Å²) < 4.78 is 0. The van der Waals surface area contributed by atoms with Crippen LogP contribution in [0.1, 0.15) is 193 Å². The van der Waals surface area contributed by atoms with Crippen molar-refractivity contribution in [1.29, 1.82) is 0 Å². The zero-order valence-corrected chi connectivity index (χ0v) is 30.5. The molecule has 0 unspecified atom stereocenters. The van der Waals surface area contributed by atoms with Gasteiger partial charge in [-0.1, -0.05) is 135 Å². The van der Waals surface area contributed by atoms with Gasteiger partial charge in [-0.15, -0.1) is 0 Å². The average molecular weight is 639 g/mol. The van der Waals surface area contributed by atoms with Gasteiger partial charge in [0.05, 0.1) is 0 Å². The number of rotatable bonds is 41. The topological polar surface area (TPSA) is 85.4 Å². The number of nitrogens with one attached hydrogen (secondary N) is 4. The fraction of sp³-hybridized carbons (Fsp3) is 0.974. The highest BCUT2D eigenvalue weighted by Crippen LogP contribution is 2.14. The fourth-order valence-corrected chi connectivity index (χ4v) is 6.17. The van der Waals surface area contributed by atoms with E-state index >= 15 is 0 Å². The van der Waals surface area contributed by atoms with Crippen molar-refractivity contribution in [1.82, 2.24) is 21.3 Å². The highest BCUT2D eigenvalue weighted by molar-refractivity contribution is 5.66. The second kappa shape index (κ2) is 41.3. The molecule has 0 aromatic rings. The molecule has 6 nitrogen and oxygen atoms in total. The monoisotopic (exact) mass is 639 g/mol. The van der Waals surface area contributed by atoms with Crippen LogP contribution in [0.25, 0.3) is 0 Å². The van der Waals surface area contributed by atoms with E-state index in [1.807, 2.05) is 7.05 Å². The van der Waals surface area contributed by atoms with Crippen LogP contribution < -0.4 is 21.3 Å². The quantitative estimate of drug-likeness (QED) is 0.0429. The molecule has 0 rings (SSSR count). The standard InChI is InChI=1S/C39H82N4O2/c1-40-32-24-18-13-14-20-26-33-41-34-27-21-15-16-22-28-36-43-38-30-29-37-42-35-25-19-12-10-8-6-4-2-3-5-7-9-11-17-23-31-39(44)45/h40-43H,2-38H2,1H3,(H,44,45). The SMILES string of the molecule is CNCCCCCCCCNCCCCCCCCNCCCCNCCCCCCCCCCCCCCCCCC(=O)O. The molecule has 0 bridgehead atoms. The van der Waals surface area contributed by atoms with Crippen molar-refractivity contribution in [3.05, 3.63) is 0 Å². The predicted octanol–water partition coefficient (Wildman–Crippen LogP) is 9.76. The lowest BCUT2D eigenvalue weighted by atomic mass is 10.0. The summed E-state index contributed by atoms with van der Waals surface area (Å²) in [5.74, 6) is -0.653. The number of aliphatic carboxylic acids is 1. The van der Waals surface area contributed by atoms with Crippen molar-refractivity contribution in [3.8, 4) is 0 Å². The van der Waals surface area contributed by atoms with Gasteiger partial charge >= 0.3 is 5.97 Å². The molecule has 0 fully saturated rings. The Balaban J connectivity index is 3.04. The Hall–Kier alpha value is -0.690. The maximum atomic E-state index is 10.5. The van der Waals surface area contributed by atoms with Crippen LogP contribution in [0.5, 0.6) is 0 Å². The van der Waals surface area contributed by atoms with E-state index in [0.717, 1.165) is 12.8 Å². The summed E-state index contributed by atoms with van der Waals surface area (Å²) in [4.78, 5) is 10.5. The predicted molar refractivity (Wildman–Crippen MR) is 199 cm³/mol. The lowest BCUT2D eigenvalue weighted by Crippen LogP contribution is -2.20. The van der Waals surface area contributed by atoms with Crippen LogP contribution in [-0.4, -0.2) is 63.9 Å². The minimum absolute atomic E-state index is 0.340. The van der Waals surface area contributed by atoms with E-state index in [-0.39, 0.29) is 0 Å².